The summed E-state index contributed by atoms with van der Waals surface area (Å²) in [4.78, 5) is 24.2. The molecule has 1 atom stereocenters. The average molecular weight is 291 g/mol. The maximum Gasteiger partial charge on any atom is 0.328 e. The number of nitrogens with zero attached hydrogens (tertiary/aromatic N) is 1. The first kappa shape index (κ1) is 16.7. The van der Waals surface area contributed by atoms with E-state index in [1.54, 1.807) is 24.3 Å². The van der Waals surface area contributed by atoms with Gasteiger partial charge in [0.05, 0.1) is 0 Å². The molecule has 3 N–H and O–H groups in total. The molecule has 0 heterocycles. The number of nitrogens with one attached hydrogen (secondary N) is 2. The van der Waals surface area contributed by atoms with Crippen LogP contribution in [0.1, 0.15) is 12.5 Å². The van der Waals surface area contributed by atoms with Crippen molar-refractivity contribution in [1.82, 2.24) is 10.2 Å². The molecule has 1 rings (SSSR count). The van der Waals surface area contributed by atoms with Gasteiger partial charge >= 0.3 is 12.0 Å². The molecule has 0 aromatic heterocycles. The second-order valence-corrected chi connectivity index (χ2v) is 4.94. The van der Waals surface area contributed by atoms with Gasteiger partial charge in [-0.05, 0) is 44.8 Å². The molecule has 6 nitrogen and oxygen atoms in total. The van der Waals surface area contributed by atoms with Crippen LogP contribution in [0.2, 0.25) is 0 Å². The Bertz CT molecular complexity index is 527. The van der Waals surface area contributed by atoms with Crippen molar-refractivity contribution in [2.24, 2.45) is 0 Å². The Morgan fingerprint density at radius 3 is 2.71 bits per heavy atom. The molecule has 1 aromatic rings. The molecule has 114 valence electrons. The van der Waals surface area contributed by atoms with Gasteiger partial charge in [-0.2, -0.15) is 0 Å². The van der Waals surface area contributed by atoms with Gasteiger partial charge in [0.2, 0.25) is 0 Å². The summed E-state index contributed by atoms with van der Waals surface area (Å²) in [6, 6.07) is 6.90. The van der Waals surface area contributed by atoms with Crippen LogP contribution in [0.4, 0.5) is 10.5 Å². The van der Waals surface area contributed by atoms with Gasteiger partial charge in [-0.25, -0.2) is 9.59 Å². The third kappa shape index (κ3) is 6.58. The van der Waals surface area contributed by atoms with Crippen LogP contribution in [-0.2, 0) is 4.79 Å². The summed E-state index contributed by atoms with van der Waals surface area (Å²) in [6.45, 7) is 2.55. The summed E-state index contributed by atoms with van der Waals surface area (Å²) in [5.41, 5.74) is 1.31. The van der Waals surface area contributed by atoms with E-state index in [1.165, 1.54) is 6.08 Å². The number of carboxylic acids is 1. The van der Waals surface area contributed by atoms with E-state index in [4.69, 9.17) is 5.11 Å². The van der Waals surface area contributed by atoms with E-state index in [0.29, 0.717) is 17.8 Å². The van der Waals surface area contributed by atoms with Gasteiger partial charge in [-0.15, -0.1) is 0 Å². The van der Waals surface area contributed by atoms with E-state index in [1.807, 2.05) is 25.9 Å². The molecule has 2 amide bonds. The number of carbonyl (C=O) groups excluding carboxylic acids is 1. The standard InChI is InChI=1S/C15H21N3O3/c1-11(18(2)3)10-16-15(21)17-13-6-4-5-12(9-13)7-8-14(19)20/h4-9,11H,10H2,1-3H3,(H,19,20)(H2,16,17,21)/b8-7+. The van der Waals surface area contributed by atoms with Gasteiger partial charge < -0.3 is 20.6 Å². The zero-order valence-corrected chi connectivity index (χ0v) is 12.5. The van der Waals surface area contributed by atoms with Gasteiger partial charge in [-0.1, -0.05) is 12.1 Å². The summed E-state index contributed by atoms with van der Waals surface area (Å²) in [6.07, 6.45) is 2.53. The van der Waals surface area contributed by atoms with Gasteiger partial charge in [-0.3, -0.25) is 0 Å². The fraction of sp³-hybridized carbons (Fsp3) is 0.333. The summed E-state index contributed by atoms with van der Waals surface area (Å²) in [7, 11) is 3.89. The second-order valence-electron chi connectivity index (χ2n) is 4.94. The zero-order valence-electron chi connectivity index (χ0n) is 12.5. The maximum absolute atomic E-state index is 11.8. The third-order valence-electron chi connectivity index (χ3n) is 3.00. The Morgan fingerprint density at radius 1 is 1.38 bits per heavy atom. The first-order chi connectivity index (χ1) is 9.88. The lowest BCUT2D eigenvalue weighted by Crippen LogP contribution is -2.40. The zero-order chi connectivity index (χ0) is 15.8. The van der Waals surface area contributed by atoms with Crippen molar-refractivity contribution in [1.29, 1.82) is 0 Å². The fourth-order valence-corrected chi connectivity index (χ4v) is 1.49. The van der Waals surface area contributed by atoms with E-state index >= 15 is 0 Å². The van der Waals surface area contributed by atoms with Crippen LogP contribution in [0, 0.1) is 0 Å². The highest BCUT2D eigenvalue weighted by atomic mass is 16.4. The van der Waals surface area contributed by atoms with Gasteiger partial charge in [0, 0.05) is 24.4 Å². The fourth-order valence-electron chi connectivity index (χ4n) is 1.49. The first-order valence-corrected chi connectivity index (χ1v) is 6.61. The van der Waals surface area contributed by atoms with Crippen molar-refractivity contribution in [3.63, 3.8) is 0 Å². The second kappa shape index (κ2) is 8.06. The van der Waals surface area contributed by atoms with E-state index in [0.717, 1.165) is 6.08 Å². The molecule has 21 heavy (non-hydrogen) atoms. The number of hydrogen-bond donors (Lipinski definition) is 3. The molecule has 0 aliphatic carbocycles. The largest absolute Gasteiger partial charge is 0.478 e. The van der Waals surface area contributed by atoms with Crippen LogP contribution in [0.15, 0.2) is 30.3 Å². The van der Waals surface area contributed by atoms with Crippen LogP contribution in [0.5, 0.6) is 0 Å². The Kier molecular flexibility index (Phi) is 6.42. The van der Waals surface area contributed by atoms with Gasteiger partial charge in [0.25, 0.3) is 0 Å². The number of benzene rings is 1. The molecule has 1 unspecified atom stereocenters. The summed E-state index contributed by atoms with van der Waals surface area (Å²) < 4.78 is 0. The van der Waals surface area contributed by atoms with Crippen LogP contribution in [0.3, 0.4) is 0 Å². The normalized spacial score (nSPS) is 12.4. The SMILES string of the molecule is CC(CNC(=O)Nc1cccc(/C=C/C(=O)O)c1)N(C)C. The van der Waals surface area contributed by atoms with E-state index in [-0.39, 0.29) is 12.1 Å². The predicted molar refractivity (Wildman–Crippen MR) is 83.3 cm³/mol. The maximum atomic E-state index is 11.8. The molecular weight excluding hydrogens is 270 g/mol. The number of amides is 2. The monoisotopic (exact) mass is 291 g/mol. The molecule has 0 aliphatic rings. The number of anilines is 1. The van der Waals surface area contributed by atoms with Crippen LogP contribution in [-0.4, -0.2) is 48.7 Å². The Morgan fingerprint density at radius 2 is 2.10 bits per heavy atom. The Labute approximate surface area is 124 Å². The average Bonchev–Trinajstić information content (AvgIpc) is 2.42. The first-order valence-electron chi connectivity index (χ1n) is 6.61. The van der Waals surface area contributed by atoms with Crippen molar-refractivity contribution in [3.8, 4) is 0 Å². The molecule has 6 heteroatoms. The number of carbonyl (C=O) groups is 2. The molecule has 0 bridgehead atoms. The number of urea groups is 1. The third-order valence-corrected chi connectivity index (χ3v) is 3.00. The Balaban J connectivity index is 2.56. The van der Waals surface area contributed by atoms with E-state index < -0.39 is 5.97 Å². The Hall–Kier alpha value is -2.34. The molecule has 0 fully saturated rings. The lowest BCUT2D eigenvalue weighted by atomic mass is 10.2. The molecule has 0 saturated heterocycles. The molecular formula is C15H21N3O3. The van der Waals surface area contributed by atoms with Crippen molar-refractivity contribution < 1.29 is 14.7 Å². The number of carboxylic acid groups (broad SMARTS) is 1. The van der Waals surface area contributed by atoms with E-state index in [2.05, 4.69) is 10.6 Å². The molecule has 0 radical (unpaired) electrons. The predicted octanol–water partition coefficient (Wildman–Crippen LogP) is 1.86. The minimum absolute atomic E-state index is 0.237. The van der Waals surface area contributed by atoms with Crippen molar-refractivity contribution >= 4 is 23.8 Å². The molecule has 0 aliphatic heterocycles. The lowest BCUT2D eigenvalue weighted by Gasteiger charge is -2.20. The summed E-state index contributed by atoms with van der Waals surface area (Å²) >= 11 is 0. The minimum atomic E-state index is -1.01. The minimum Gasteiger partial charge on any atom is -0.478 e. The van der Waals surface area contributed by atoms with Crippen LogP contribution < -0.4 is 10.6 Å². The number of aliphatic carboxylic acids is 1. The molecule has 1 aromatic carbocycles. The summed E-state index contributed by atoms with van der Waals surface area (Å²) in [5.74, 6) is -1.01. The van der Waals surface area contributed by atoms with Gasteiger partial charge in [0.1, 0.15) is 0 Å². The number of rotatable bonds is 6. The van der Waals surface area contributed by atoms with Crippen molar-refractivity contribution in [2.75, 3.05) is 26.0 Å². The van der Waals surface area contributed by atoms with Crippen LogP contribution in [0.25, 0.3) is 6.08 Å². The summed E-state index contributed by atoms with van der Waals surface area (Å²) in [5, 5.41) is 14.1. The highest BCUT2D eigenvalue weighted by Crippen LogP contribution is 2.11. The van der Waals surface area contributed by atoms with Crippen molar-refractivity contribution in [3.05, 3.63) is 35.9 Å². The number of likely N-dealkylation sites (N-methyl/N-ethyl adjacent to an activating group) is 1. The lowest BCUT2D eigenvalue weighted by molar-refractivity contribution is -0.131. The quantitative estimate of drug-likeness (QED) is 0.699. The van der Waals surface area contributed by atoms with Crippen molar-refractivity contribution in [2.45, 2.75) is 13.0 Å². The molecule has 0 saturated carbocycles. The van der Waals surface area contributed by atoms with E-state index in [9.17, 15) is 9.59 Å². The molecule has 0 spiro atoms. The number of hydrogen-bond acceptors (Lipinski definition) is 3. The van der Waals surface area contributed by atoms with Crippen LogP contribution >= 0.6 is 0 Å². The van der Waals surface area contributed by atoms with Gasteiger partial charge in [0.15, 0.2) is 0 Å². The topological polar surface area (TPSA) is 81.7 Å². The highest BCUT2D eigenvalue weighted by Gasteiger charge is 2.07. The highest BCUT2D eigenvalue weighted by molar-refractivity contribution is 5.90. The smallest absolute Gasteiger partial charge is 0.328 e.